The topological polar surface area (TPSA) is 81.4 Å². The molecule has 0 fully saturated rings. The molecule has 0 N–H and O–H groups in total. The highest BCUT2D eigenvalue weighted by Gasteiger charge is 2.17. The fourth-order valence-electron chi connectivity index (χ4n) is 1.69. The number of carbonyl (C=O) groups is 1. The average Bonchev–Trinajstić information content (AvgIpc) is 2.95. The van der Waals surface area contributed by atoms with Gasteiger partial charge in [0.2, 0.25) is 11.8 Å². The van der Waals surface area contributed by atoms with E-state index in [0.717, 1.165) is 0 Å². The Bertz CT molecular complexity index is 607. The lowest BCUT2D eigenvalue weighted by molar-refractivity contribution is 0.0769. The van der Waals surface area contributed by atoms with Crippen LogP contribution in [0.15, 0.2) is 22.9 Å². The lowest BCUT2D eigenvalue weighted by Gasteiger charge is -2.14. The van der Waals surface area contributed by atoms with Crippen molar-refractivity contribution in [3.8, 4) is 5.88 Å². The van der Waals surface area contributed by atoms with Gasteiger partial charge in [-0.25, -0.2) is 4.98 Å². The summed E-state index contributed by atoms with van der Waals surface area (Å²) in [6.45, 7) is 4.21. The van der Waals surface area contributed by atoms with Gasteiger partial charge in [0.05, 0.1) is 19.2 Å². The van der Waals surface area contributed by atoms with Gasteiger partial charge in [0.1, 0.15) is 0 Å². The van der Waals surface area contributed by atoms with Crippen molar-refractivity contribution in [1.82, 2.24) is 20.0 Å². The van der Waals surface area contributed by atoms with Gasteiger partial charge in [0, 0.05) is 25.2 Å². The Balaban J connectivity index is 2.04. The first-order valence-electron chi connectivity index (χ1n) is 6.59. The quantitative estimate of drug-likeness (QED) is 0.836. The summed E-state index contributed by atoms with van der Waals surface area (Å²) in [5.41, 5.74) is 0.474. The third kappa shape index (κ3) is 3.56. The van der Waals surface area contributed by atoms with Gasteiger partial charge in [0.25, 0.3) is 5.91 Å². The lowest BCUT2D eigenvalue weighted by atomic mass is 10.2. The average molecular weight is 290 g/mol. The molecule has 0 unspecified atom stereocenters. The first-order chi connectivity index (χ1) is 10.0. The predicted octanol–water partition coefficient (Wildman–Crippen LogP) is 1.87. The number of aromatic nitrogens is 3. The number of hydrogen-bond donors (Lipinski definition) is 0. The fourth-order valence-corrected chi connectivity index (χ4v) is 1.69. The first kappa shape index (κ1) is 15.0. The number of amides is 1. The van der Waals surface area contributed by atoms with E-state index in [0.29, 0.717) is 23.2 Å². The zero-order valence-corrected chi connectivity index (χ0v) is 12.5. The molecule has 0 aliphatic carbocycles. The Hall–Kier alpha value is -2.44. The molecule has 2 heterocycles. The van der Waals surface area contributed by atoms with Crippen LogP contribution in [0.1, 0.15) is 41.8 Å². The summed E-state index contributed by atoms with van der Waals surface area (Å²) in [5.74, 6) is 1.53. The van der Waals surface area contributed by atoms with Crippen LogP contribution in [0.5, 0.6) is 5.88 Å². The Labute approximate surface area is 122 Å². The SMILES string of the molecule is COc1ccc(C(=O)N(C)Cc2nc(C(C)C)no2)cn1. The highest BCUT2D eigenvalue weighted by molar-refractivity contribution is 5.93. The lowest BCUT2D eigenvalue weighted by Crippen LogP contribution is -2.26. The number of carbonyl (C=O) groups excluding carboxylic acids is 1. The van der Waals surface area contributed by atoms with Crippen molar-refractivity contribution in [3.63, 3.8) is 0 Å². The van der Waals surface area contributed by atoms with Crippen molar-refractivity contribution in [3.05, 3.63) is 35.6 Å². The van der Waals surface area contributed by atoms with E-state index in [1.54, 1.807) is 19.2 Å². The third-order valence-corrected chi connectivity index (χ3v) is 2.91. The number of nitrogens with zero attached hydrogens (tertiary/aromatic N) is 4. The standard InChI is InChI=1S/C14H18N4O3/c1-9(2)13-16-12(21-17-13)8-18(3)14(19)10-5-6-11(20-4)15-7-10/h5-7,9H,8H2,1-4H3. The minimum absolute atomic E-state index is 0.172. The second kappa shape index (κ2) is 6.34. The van der Waals surface area contributed by atoms with E-state index < -0.39 is 0 Å². The van der Waals surface area contributed by atoms with Crippen LogP contribution in [-0.2, 0) is 6.54 Å². The summed E-state index contributed by atoms with van der Waals surface area (Å²) in [6.07, 6.45) is 1.48. The number of ether oxygens (including phenoxy) is 1. The molecule has 0 aromatic carbocycles. The number of pyridine rings is 1. The maximum atomic E-state index is 12.2. The van der Waals surface area contributed by atoms with Crippen LogP contribution in [-0.4, -0.2) is 40.1 Å². The van der Waals surface area contributed by atoms with Gasteiger partial charge in [-0.2, -0.15) is 4.98 Å². The summed E-state index contributed by atoms with van der Waals surface area (Å²) < 4.78 is 10.1. The van der Waals surface area contributed by atoms with Gasteiger partial charge in [-0.05, 0) is 6.07 Å². The third-order valence-electron chi connectivity index (χ3n) is 2.91. The molecule has 21 heavy (non-hydrogen) atoms. The molecule has 112 valence electrons. The zero-order valence-electron chi connectivity index (χ0n) is 12.5. The maximum Gasteiger partial charge on any atom is 0.255 e. The number of methoxy groups -OCH3 is 1. The van der Waals surface area contributed by atoms with E-state index in [-0.39, 0.29) is 18.4 Å². The number of rotatable bonds is 5. The normalized spacial score (nSPS) is 10.7. The largest absolute Gasteiger partial charge is 0.481 e. The van der Waals surface area contributed by atoms with Crippen molar-refractivity contribution in [2.75, 3.05) is 14.2 Å². The maximum absolute atomic E-state index is 12.2. The van der Waals surface area contributed by atoms with E-state index in [1.807, 2.05) is 13.8 Å². The monoisotopic (exact) mass is 290 g/mol. The van der Waals surface area contributed by atoms with Crippen LogP contribution < -0.4 is 4.74 Å². The van der Waals surface area contributed by atoms with Crippen LogP contribution in [0.25, 0.3) is 0 Å². The highest BCUT2D eigenvalue weighted by Crippen LogP contribution is 2.13. The molecule has 2 aromatic rings. The molecule has 1 amide bonds. The van der Waals surface area contributed by atoms with Crippen molar-refractivity contribution >= 4 is 5.91 Å². The molecule has 0 spiro atoms. The van der Waals surface area contributed by atoms with Gasteiger partial charge in [0.15, 0.2) is 5.82 Å². The van der Waals surface area contributed by atoms with Gasteiger partial charge < -0.3 is 14.2 Å². The van der Waals surface area contributed by atoms with Gasteiger partial charge in [-0.3, -0.25) is 4.79 Å². The van der Waals surface area contributed by atoms with Crippen molar-refractivity contribution in [1.29, 1.82) is 0 Å². The van der Waals surface area contributed by atoms with Crippen LogP contribution in [0.3, 0.4) is 0 Å². The fraction of sp³-hybridized carbons (Fsp3) is 0.429. The summed E-state index contributed by atoms with van der Waals surface area (Å²) in [5, 5.41) is 3.87. The van der Waals surface area contributed by atoms with E-state index in [1.165, 1.54) is 18.2 Å². The molecule has 2 aromatic heterocycles. The zero-order chi connectivity index (χ0) is 15.4. The Kier molecular flexibility index (Phi) is 4.52. The minimum atomic E-state index is -0.172. The molecule has 0 atom stereocenters. The van der Waals surface area contributed by atoms with Crippen molar-refractivity contribution < 1.29 is 14.1 Å². The van der Waals surface area contributed by atoms with Crippen molar-refractivity contribution in [2.45, 2.75) is 26.3 Å². The van der Waals surface area contributed by atoms with Crippen LogP contribution in [0.4, 0.5) is 0 Å². The van der Waals surface area contributed by atoms with Crippen molar-refractivity contribution in [2.24, 2.45) is 0 Å². The van der Waals surface area contributed by atoms with Gasteiger partial charge >= 0.3 is 0 Å². The van der Waals surface area contributed by atoms with Gasteiger partial charge in [-0.1, -0.05) is 19.0 Å². The van der Waals surface area contributed by atoms with Crippen LogP contribution in [0.2, 0.25) is 0 Å². The molecule has 7 nitrogen and oxygen atoms in total. The Morgan fingerprint density at radius 3 is 2.71 bits per heavy atom. The van der Waals surface area contributed by atoms with E-state index in [4.69, 9.17) is 9.26 Å². The second-order valence-electron chi connectivity index (χ2n) is 4.95. The molecule has 0 aliphatic heterocycles. The first-order valence-corrected chi connectivity index (χ1v) is 6.59. The Morgan fingerprint density at radius 1 is 1.43 bits per heavy atom. The summed E-state index contributed by atoms with van der Waals surface area (Å²) >= 11 is 0. The smallest absolute Gasteiger partial charge is 0.255 e. The molecule has 0 radical (unpaired) electrons. The molecular weight excluding hydrogens is 272 g/mol. The summed E-state index contributed by atoms with van der Waals surface area (Å²) in [4.78, 5) is 22.0. The predicted molar refractivity (Wildman–Crippen MR) is 75.0 cm³/mol. The molecule has 0 bridgehead atoms. The highest BCUT2D eigenvalue weighted by atomic mass is 16.5. The molecule has 0 saturated heterocycles. The minimum Gasteiger partial charge on any atom is -0.481 e. The van der Waals surface area contributed by atoms with Crippen LogP contribution in [0, 0.1) is 0 Å². The Morgan fingerprint density at radius 2 is 2.19 bits per heavy atom. The molecule has 7 heteroatoms. The second-order valence-corrected chi connectivity index (χ2v) is 4.95. The van der Waals surface area contributed by atoms with E-state index in [2.05, 4.69) is 15.1 Å². The molecule has 0 saturated carbocycles. The molecule has 0 aliphatic rings. The summed E-state index contributed by atoms with van der Waals surface area (Å²) in [7, 11) is 3.20. The summed E-state index contributed by atoms with van der Waals surface area (Å²) in [6, 6.07) is 3.31. The van der Waals surface area contributed by atoms with Crippen LogP contribution >= 0.6 is 0 Å². The van der Waals surface area contributed by atoms with Gasteiger partial charge in [-0.15, -0.1) is 0 Å². The molecular formula is C14H18N4O3. The number of hydrogen-bond acceptors (Lipinski definition) is 6. The van der Waals surface area contributed by atoms with E-state index in [9.17, 15) is 4.79 Å². The van der Waals surface area contributed by atoms with E-state index >= 15 is 0 Å². The molecule has 2 rings (SSSR count).